The van der Waals surface area contributed by atoms with Gasteiger partial charge in [0.15, 0.2) is 5.78 Å². The second-order valence-electron chi connectivity index (χ2n) is 7.19. The van der Waals surface area contributed by atoms with E-state index in [9.17, 15) is 9.90 Å². The van der Waals surface area contributed by atoms with Crippen LogP contribution in [0.1, 0.15) is 40.0 Å². The third kappa shape index (κ3) is 0.810. The van der Waals surface area contributed by atoms with Crippen molar-refractivity contribution >= 4 is 5.78 Å². The summed E-state index contributed by atoms with van der Waals surface area (Å²) in [6, 6.07) is 0. The van der Waals surface area contributed by atoms with Crippen molar-refractivity contribution in [2.75, 3.05) is 6.61 Å². The average molecular weight is 248 g/mol. The number of rotatable bonds is 0. The number of hydrogen-bond acceptors (Lipinski definition) is 3. The zero-order chi connectivity index (χ0) is 12.9. The number of aliphatic hydroxyl groups is 1. The van der Waals surface area contributed by atoms with Crippen molar-refractivity contribution in [2.24, 2.45) is 16.7 Å². The Hall–Kier alpha value is -0.670. The van der Waals surface area contributed by atoms with Crippen molar-refractivity contribution in [3.63, 3.8) is 0 Å². The van der Waals surface area contributed by atoms with Gasteiger partial charge in [0.05, 0.1) is 18.6 Å². The maximum Gasteiger partial charge on any atom is 0.164 e. The van der Waals surface area contributed by atoms with Crippen LogP contribution in [0.2, 0.25) is 0 Å². The highest BCUT2D eigenvalue weighted by Crippen LogP contribution is 2.71. The van der Waals surface area contributed by atoms with E-state index in [-0.39, 0.29) is 22.5 Å². The molecule has 98 valence electrons. The molecule has 0 aromatic heterocycles. The average Bonchev–Trinajstić information content (AvgIpc) is 2.70. The summed E-state index contributed by atoms with van der Waals surface area (Å²) in [5.74, 6) is 0.102. The summed E-state index contributed by atoms with van der Waals surface area (Å²) in [7, 11) is 0. The van der Waals surface area contributed by atoms with Crippen LogP contribution in [0.15, 0.2) is 11.1 Å². The third-order valence-electron chi connectivity index (χ3n) is 6.44. The Morgan fingerprint density at radius 3 is 2.67 bits per heavy atom. The summed E-state index contributed by atoms with van der Waals surface area (Å²) < 4.78 is 6.11. The van der Waals surface area contributed by atoms with E-state index in [1.807, 2.05) is 6.92 Å². The molecule has 3 nitrogen and oxygen atoms in total. The van der Waals surface area contributed by atoms with Crippen molar-refractivity contribution in [3.05, 3.63) is 11.1 Å². The van der Waals surface area contributed by atoms with Crippen molar-refractivity contribution < 1.29 is 14.6 Å². The lowest BCUT2D eigenvalue weighted by molar-refractivity contribution is -0.184. The molecule has 1 saturated heterocycles. The second kappa shape index (κ2) is 2.75. The van der Waals surface area contributed by atoms with Gasteiger partial charge in [-0.25, -0.2) is 0 Å². The summed E-state index contributed by atoms with van der Waals surface area (Å²) in [5.41, 5.74) is 1.24. The summed E-state index contributed by atoms with van der Waals surface area (Å²) in [6.45, 7) is 6.81. The van der Waals surface area contributed by atoms with Crippen LogP contribution in [-0.4, -0.2) is 29.2 Å². The van der Waals surface area contributed by atoms with Crippen LogP contribution >= 0.6 is 0 Å². The Morgan fingerprint density at radius 2 is 2.11 bits per heavy atom. The number of ether oxygens (including phenoxy) is 1. The van der Waals surface area contributed by atoms with Crippen molar-refractivity contribution in [1.82, 2.24) is 0 Å². The zero-order valence-corrected chi connectivity index (χ0v) is 11.2. The van der Waals surface area contributed by atoms with Gasteiger partial charge >= 0.3 is 0 Å². The SMILES string of the molecule is CC1=C2CCC2(C)C23OCC(C)(CC2C1=O)C3O. The topological polar surface area (TPSA) is 46.5 Å². The Morgan fingerprint density at radius 1 is 1.39 bits per heavy atom. The fourth-order valence-corrected chi connectivity index (χ4v) is 5.24. The minimum absolute atomic E-state index is 0.108. The van der Waals surface area contributed by atoms with E-state index in [0.717, 1.165) is 24.8 Å². The molecule has 0 aromatic rings. The number of aliphatic hydroxyl groups excluding tert-OH is 1. The van der Waals surface area contributed by atoms with Gasteiger partial charge in [-0.15, -0.1) is 0 Å². The fraction of sp³-hybridized carbons (Fsp3) is 0.800. The number of hydrogen-bond donors (Lipinski definition) is 1. The quantitative estimate of drug-likeness (QED) is 0.711. The molecule has 0 radical (unpaired) electrons. The van der Waals surface area contributed by atoms with Crippen LogP contribution < -0.4 is 0 Å². The van der Waals surface area contributed by atoms with E-state index >= 15 is 0 Å². The fourth-order valence-electron chi connectivity index (χ4n) is 5.24. The van der Waals surface area contributed by atoms with Gasteiger partial charge in [-0.1, -0.05) is 19.4 Å². The maximum atomic E-state index is 12.6. The number of ketones is 1. The molecule has 3 aliphatic carbocycles. The molecule has 1 spiro atoms. The van der Waals surface area contributed by atoms with E-state index in [1.165, 1.54) is 5.57 Å². The second-order valence-corrected chi connectivity index (χ2v) is 7.19. The van der Waals surface area contributed by atoms with E-state index < -0.39 is 11.7 Å². The van der Waals surface area contributed by atoms with Gasteiger partial charge in [-0.2, -0.15) is 0 Å². The van der Waals surface area contributed by atoms with Gasteiger partial charge < -0.3 is 9.84 Å². The van der Waals surface area contributed by atoms with E-state index in [4.69, 9.17) is 4.74 Å². The largest absolute Gasteiger partial charge is 0.389 e. The predicted octanol–water partition coefficient (Wildman–Crippen LogP) is 1.84. The Kier molecular flexibility index (Phi) is 1.71. The molecule has 4 aliphatic rings. The zero-order valence-electron chi connectivity index (χ0n) is 11.2. The lowest BCUT2D eigenvalue weighted by Crippen LogP contribution is -2.64. The van der Waals surface area contributed by atoms with Gasteiger partial charge in [0.25, 0.3) is 0 Å². The van der Waals surface area contributed by atoms with Crippen molar-refractivity contribution in [1.29, 1.82) is 0 Å². The molecular formula is C15H20O3. The van der Waals surface area contributed by atoms with E-state index in [2.05, 4.69) is 13.8 Å². The first-order valence-corrected chi connectivity index (χ1v) is 6.93. The number of carbonyl (C=O) groups is 1. The van der Waals surface area contributed by atoms with Crippen LogP contribution in [0.3, 0.4) is 0 Å². The molecule has 1 heterocycles. The number of carbonyl (C=O) groups excluding carboxylic acids is 1. The van der Waals surface area contributed by atoms with Gasteiger partial charge in [-0.05, 0) is 31.8 Å². The van der Waals surface area contributed by atoms with Crippen LogP contribution in [0, 0.1) is 16.7 Å². The molecule has 5 unspecified atom stereocenters. The predicted molar refractivity (Wildman–Crippen MR) is 66.0 cm³/mol. The van der Waals surface area contributed by atoms with Gasteiger partial charge in [-0.3, -0.25) is 4.79 Å². The lowest BCUT2D eigenvalue weighted by atomic mass is 9.48. The van der Waals surface area contributed by atoms with Crippen LogP contribution in [-0.2, 0) is 9.53 Å². The standard InChI is InChI=1S/C15H20O3/c1-8-9-4-5-14(9,3)15-10(11(8)16)6-13(2,7-18-15)12(15)17/h10,12,17H,4-7H2,1-3H3. The van der Waals surface area contributed by atoms with Crippen LogP contribution in [0.4, 0.5) is 0 Å². The van der Waals surface area contributed by atoms with Gasteiger partial charge in [0.1, 0.15) is 5.60 Å². The molecule has 0 aromatic carbocycles. The number of fused-ring (bicyclic) bond motifs is 2. The smallest absolute Gasteiger partial charge is 0.164 e. The summed E-state index contributed by atoms with van der Waals surface area (Å²) >= 11 is 0. The Bertz CT molecular complexity index is 508. The summed E-state index contributed by atoms with van der Waals surface area (Å²) in [4.78, 5) is 12.6. The molecule has 2 bridgehead atoms. The summed E-state index contributed by atoms with van der Waals surface area (Å²) in [6.07, 6.45) is 2.33. The van der Waals surface area contributed by atoms with Crippen LogP contribution in [0.5, 0.6) is 0 Å². The highest BCUT2D eigenvalue weighted by molar-refractivity contribution is 6.01. The van der Waals surface area contributed by atoms with E-state index in [1.54, 1.807) is 0 Å². The third-order valence-corrected chi connectivity index (χ3v) is 6.44. The van der Waals surface area contributed by atoms with Crippen molar-refractivity contribution in [2.45, 2.75) is 51.7 Å². The van der Waals surface area contributed by atoms with Crippen molar-refractivity contribution in [3.8, 4) is 0 Å². The summed E-state index contributed by atoms with van der Waals surface area (Å²) in [5, 5.41) is 10.8. The van der Waals surface area contributed by atoms with E-state index in [0.29, 0.717) is 6.61 Å². The minimum Gasteiger partial charge on any atom is -0.389 e. The van der Waals surface area contributed by atoms with Gasteiger partial charge in [0.2, 0.25) is 0 Å². The molecule has 1 aliphatic heterocycles. The normalized spacial score (nSPS) is 57.4. The first-order valence-electron chi connectivity index (χ1n) is 6.93. The Balaban J connectivity index is 1.98. The monoisotopic (exact) mass is 248 g/mol. The molecule has 3 fully saturated rings. The van der Waals surface area contributed by atoms with Gasteiger partial charge in [0, 0.05) is 10.8 Å². The molecule has 3 heteroatoms. The molecule has 1 N–H and O–H groups in total. The molecule has 4 rings (SSSR count). The number of Topliss-reactive ketones (excluding diaryl/α,β-unsaturated/α-hetero) is 1. The van der Waals surface area contributed by atoms with Crippen LogP contribution in [0.25, 0.3) is 0 Å². The highest BCUT2D eigenvalue weighted by atomic mass is 16.5. The minimum atomic E-state index is -0.619. The molecule has 2 saturated carbocycles. The first kappa shape index (κ1) is 11.2. The lowest BCUT2D eigenvalue weighted by Gasteiger charge is -2.59. The number of allylic oxidation sites excluding steroid dienone is 1. The highest BCUT2D eigenvalue weighted by Gasteiger charge is 2.77. The Labute approximate surface area is 107 Å². The molecule has 18 heavy (non-hydrogen) atoms. The maximum absolute atomic E-state index is 12.6. The molecule has 5 atom stereocenters. The molecular weight excluding hydrogens is 228 g/mol. The molecule has 0 amide bonds. The first-order chi connectivity index (χ1) is 8.37.